The van der Waals surface area contributed by atoms with Crippen LogP contribution in [0.15, 0.2) is 60.7 Å². The van der Waals surface area contributed by atoms with Crippen molar-refractivity contribution in [3.8, 4) is 0 Å². The van der Waals surface area contributed by atoms with Crippen molar-refractivity contribution >= 4 is 11.9 Å². The van der Waals surface area contributed by atoms with E-state index < -0.39 is 12.2 Å². The van der Waals surface area contributed by atoms with Crippen LogP contribution in [0.1, 0.15) is 52.8 Å². The second kappa shape index (κ2) is 8.83. The van der Waals surface area contributed by atoms with Gasteiger partial charge in [0.25, 0.3) is 0 Å². The molecule has 0 bridgehead atoms. The molecule has 5 rings (SSSR count). The van der Waals surface area contributed by atoms with Gasteiger partial charge in [0.15, 0.2) is 0 Å². The van der Waals surface area contributed by atoms with E-state index in [1.165, 1.54) is 0 Å². The van der Waals surface area contributed by atoms with Gasteiger partial charge in [-0.15, -0.1) is 0 Å². The highest BCUT2D eigenvalue weighted by Crippen LogP contribution is 2.48. The highest BCUT2D eigenvalue weighted by Gasteiger charge is 2.47. The molecule has 1 heterocycles. The zero-order chi connectivity index (χ0) is 21.2. The summed E-state index contributed by atoms with van der Waals surface area (Å²) in [5, 5.41) is 0. The molecule has 1 saturated heterocycles. The Bertz CT molecular complexity index is 836. The first-order valence-corrected chi connectivity index (χ1v) is 11.3. The van der Waals surface area contributed by atoms with Crippen molar-refractivity contribution in [3.63, 3.8) is 0 Å². The first-order valence-electron chi connectivity index (χ1n) is 11.3. The summed E-state index contributed by atoms with van der Waals surface area (Å²) in [6.45, 7) is 0.841. The summed E-state index contributed by atoms with van der Waals surface area (Å²) in [6, 6.07) is 18.0. The molecule has 2 aromatic rings. The van der Waals surface area contributed by atoms with Crippen LogP contribution in [-0.2, 0) is 14.2 Å². The average molecular weight is 421 g/mol. The molecule has 1 aliphatic heterocycles. The fourth-order valence-corrected chi connectivity index (χ4v) is 5.58. The number of carbonyl (C=O) groups is 2. The van der Waals surface area contributed by atoms with Gasteiger partial charge in [-0.1, -0.05) is 36.4 Å². The highest BCUT2D eigenvalue weighted by molar-refractivity contribution is 5.90. The van der Waals surface area contributed by atoms with Crippen molar-refractivity contribution in [1.82, 2.24) is 0 Å². The largest absolute Gasteiger partial charge is 0.455 e. The third kappa shape index (κ3) is 4.38. The summed E-state index contributed by atoms with van der Waals surface area (Å²) in [5.41, 5.74) is 1.03. The van der Waals surface area contributed by atoms with Crippen LogP contribution in [0.25, 0.3) is 0 Å². The molecule has 31 heavy (non-hydrogen) atoms. The lowest BCUT2D eigenvalue weighted by Crippen LogP contribution is -2.47. The smallest absolute Gasteiger partial charge is 0.338 e. The van der Waals surface area contributed by atoms with Crippen molar-refractivity contribution in [1.29, 1.82) is 0 Å². The van der Waals surface area contributed by atoms with Crippen LogP contribution in [0.2, 0.25) is 0 Å². The van der Waals surface area contributed by atoms with Crippen LogP contribution in [0, 0.1) is 17.8 Å². The van der Waals surface area contributed by atoms with Crippen molar-refractivity contribution in [2.45, 2.75) is 50.4 Å². The van der Waals surface area contributed by atoms with Crippen LogP contribution < -0.4 is 0 Å². The molecule has 0 radical (unpaired) electrons. The van der Waals surface area contributed by atoms with Gasteiger partial charge in [-0.3, -0.25) is 0 Å². The van der Waals surface area contributed by atoms with Gasteiger partial charge < -0.3 is 14.2 Å². The third-order valence-corrected chi connectivity index (χ3v) is 7.17. The van der Waals surface area contributed by atoms with Gasteiger partial charge in [-0.25, -0.2) is 9.59 Å². The molecule has 2 saturated carbocycles. The molecule has 3 fully saturated rings. The Balaban J connectivity index is 1.34. The summed E-state index contributed by atoms with van der Waals surface area (Å²) in [4.78, 5) is 25.5. The maximum absolute atomic E-state index is 12.8. The summed E-state index contributed by atoms with van der Waals surface area (Å²) in [6.07, 6.45) is 4.13. The minimum atomic E-state index is -0.445. The first-order chi connectivity index (χ1) is 15.2. The van der Waals surface area contributed by atoms with Crippen LogP contribution in [0.5, 0.6) is 0 Å². The summed E-state index contributed by atoms with van der Waals surface area (Å²) in [7, 11) is 0. The second-order valence-corrected chi connectivity index (χ2v) is 9.04. The molecule has 0 aromatic heterocycles. The van der Waals surface area contributed by atoms with Gasteiger partial charge in [0, 0.05) is 6.61 Å². The van der Waals surface area contributed by atoms with Gasteiger partial charge in [-0.05, 0) is 74.1 Å². The average Bonchev–Trinajstić information content (AvgIpc) is 3.26. The lowest BCUT2D eigenvalue weighted by atomic mass is 9.65. The Morgan fingerprint density at radius 3 is 1.74 bits per heavy atom. The van der Waals surface area contributed by atoms with E-state index in [9.17, 15) is 9.59 Å². The van der Waals surface area contributed by atoms with E-state index in [0.29, 0.717) is 41.4 Å². The predicted octanol–water partition coefficient (Wildman–Crippen LogP) is 4.66. The summed E-state index contributed by atoms with van der Waals surface area (Å²) in [5.74, 6) is 0.788. The van der Waals surface area contributed by atoms with Gasteiger partial charge in [0.2, 0.25) is 0 Å². The molecule has 6 unspecified atom stereocenters. The predicted molar refractivity (Wildman–Crippen MR) is 115 cm³/mol. The first kappa shape index (κ1) is 20.3. The van der Waals surface area contributed by atoms with E-state index in [1.54, 1.807) is 24.3 Å². The van der Waals surface area contributed by atoms with Gasteiger partial charge >= 0.3 is 11.9 Å². The number of hydrogen-bond acceptors (Lipinski definition) is 5. The molecular weight excluding hydrogens is 392 g/mol. The van der Waals surface area contributed by atoms with Crippen molar-refractivity contribution in [2.75, 3.05) is 6.61 Å². The molecule has 162 valence electrons. The molecule has 3 aliphatic rings. The lowest BCUT2D eigenvalue weighted by molar-refractivity contribution is -0.0951. The number of benzene rings is 2. The fraction of sp³-hybridized carbons (Fsp3) is 0.462. The molecule has 0 N–H and O–H groups in total. The monoisotopic (exact) mass is 420 g/mol. The Morgan fingerprint density at radius 2 is 1.19 bits per heavy atom. The lowest BCUT2D eigenvalue weighted by Gasteiger charge is -2.45. The SMILES string of the molecule is O=C(OC1CC2CC3CCOC3CC2CC1OC(=O)c1ccccc1)c1ccccc1. The maximum atomic E-state index is 12.8. The van der Waals surface area contributed by atoms with Crippen LogP contribution in [0.4, 0.5) is 0 Å². The van der Waals surface area contributed by atoms with Crippen LogP contribution >= 0.6 is 0 Å². The number of carbonyl (C=O) groups excluding carboxylic acids is 2. The number of rotatable bonds is 4. The van der Waals surface area contributed by atoms with Crippen molar-refractivity contribution in [3.05, 3.63) is 71.8 Å². The Kier molecular flexibility index (Phi) is 5.77. The zero-order valence-electron chi connectivity index (χ0n) is 17.5. The van der Waals surface area contributed by atoms with Gasteiger partial charge in [0.1, 0.15) is 12.2 Å². The molecule has 5 nitrogen and oxygen atoms in total. The van der Waals surface area contributed by atoms with Gasteiger partial charge in [0.05, 0.1) is 17.2 Å². The normalized spacial score (nSPS) is 31.9. The third-order valence-electron chi connectivity index (χ3n) is 7.17. The standard InChI is InChI=1S/C26H28O5/c27-25(17-7-3-1-4-8-17)30-23-15-20-13-19-11-12-29-22(19)14-21(20)16-24(23)31-26(28)18-9-5-2-6-10-18/h1-10,19-24H,11-16H2. The summed E-state index contributed by atoms with van der Waals surface area (Å²) < 4.78 is 17.8. The minimum absolute atomic E-state index is 0.329. The van der Waals surface area contributed by atoms with Crippen molar-refractivity contribution < 1.29 is 23.8 Å². The number of hydrogen-bond donors (Lipinski definition) is 0. The van der Waals surface area contributed by atoms with E-state index >= 15 is 0 Å². The van der Waals surface area contributed by atoms with E-state index in [4.69, 9.17) is 14.2 Å². The van der Waals surface area contributed by atoms with Crippen LogP contribution in [-0.4, -0.2) is 36.9 Å². The number of ether oxygens (including phenoxy) is 3. The number of fused-ring (bicyclic) bond motifs is 2. The molecule has 0 spiro atoms. The van der Waals surface area contributed by atoms with Gasteiger partial charge in [-0.2, -0.15) is 0 Å². The fourth-order valence-electron chi connectivity index (χ4n) is 5.58. The Morgan fingerprint density at radius 1 is 0.677 bits per heavy atom. The van der Waals surface area contributed by atoms with E-state index in [0.717, 1.165) is 32.3 Å². The topological polar surface area (TPSA) is 61.8 Å². The zero-order valence-corrected chi connectivity index (χ0v) is 17.5. The molecule has 2 aliphatic carbocycles. The Hall–Kier alpha value is -2.66. The minimum Gasteiger partial charge on any atom is -0.455 e. The summed E-state index contributed by atoms with van der Waals surface area (Å²) >= 11 is 0. The quantitative estimate of drug-likeness (QED) is 0.673. The molecular formula is C26H28O5. The highest BCUT2D eigenvalue weighted by atomic mass is 16.6. The van der Waals surface area contributed by atoms with E-state index in [1.807, 2.05) is 36.4 Å². The molecule has 5 heteroatoms. The molecule has 0 amide bonds. The van der Waals surface area contributed by atoms with Crippen molar-refractivity contribution in [2.24, 2.45) is 17.8 Å². The maximum Gasteiger partial charge on any atom is 0.338 e. The van der Waals surface area contributed by atoms with E-state index in [2.05, 4.69) is 0 Å². The second-order valence-electron chi connectivity index (χ2n) is 9.04. The van der Waals surface area contributed by atoms with Crippen LogP contribution in [0.3, 0.4) is 0 Å². The molecule has 6 atom stereocenters. The number of esters is 2. The Labute approximate surface area is 182 Å². The molecule has 2 aromatic carbocycles. The van der Waals surface area contributed by atoms with E-state index in [-0.39, 0.29) is 11.9 Å².